The number of hydrogen-bond acceptors (Lipinski definition) is 3. The molecule has 1 atom stereocenters. The highest BCUT2D eigenvalue weighted by molar-refractivity contribution is 6.37. The molecular weight excluding hydrogens is 273 g/mol. The van der Waals surface area contributed by atoms with E-state index >= 15 is 0 Å². The van der Waals surface area contributed by atoms with Gasteiger partial charge in [-0.1, -0.05) is 6.07 Å². The van der Waals surface area contributed by atoms with E-state index < -0.39 is 0 Å². The molecule has 0 amide bonds. The van der Waals surface area contributed by atoms with Crippen LogP contribution in [0.1, 0.15) is 43.4 Å². The Morgan fingerprint density at radius 3 is 2.91 bits per heavy atom. The highest BCUT2D eigenvalue weighted by Crippen LogP contribution is 2.27. The maximum atomic E-state index is 6.12. The summed E-state index contributed by atoms with van der Waals surface area (Å²) < 4.78 is 7.15. The van der Waals surface area contributed by atoms with Crippen LogP contribution >= 0.6 is 0 Å². The van der Waals surface area contributed by atoms with Crippen LogP contribution < -0.4 is 10.9 Å². The van der Waals surface area contributed by atoms with Gasteiger partial charge in [-0.3, -0.25) is 4.68 Å². The van der Waals surface area contributed by atoms with Crippen molar-refractivity contribution in [3.63, 3.8) is 0 Å². The number of rotatable bonds is 7. The summed E-state index contributed by atoms with van der Waals surface area (Å²) in [5.74, 6) is 0. The van der Waals surface area contributed by atoms with E-state index in [0.717, 1.165) is 30.5 Å². The minimum absolute atomic E-state index is 0.360. The molecule has 116 valence electrons. The van der Waals surface area contributed by atoms with Gasteiger partial charge in [0.25, 0.3) is 0 Å². The molecule has 3 rings (SSSR count). The van der Waals surface area contributed by atoms with Crippen LogP contribution in [0.25, 0.3) is 10.9 Å². The van der Waals surface area contributed by atoms with Crippen LogP contribution in [0, 0.1) is 6.92 Å². The molecule has 4 nitrogen and oxygen atoms in total. The Morgan fingerprint density at radius 1 is 1.45 bits per heavy atom. The zero-order valence-corrected chi connectivity index (χ0v) is 13.7. The zero-order chi connectivity index (χ0) is 15.7. The molecule has 1 saturated carbocycles. The molecule has 1 aromatic heterocycles. The summed E-state index contributed by atoms with van der Waals surface area (Å²) in [5, 5.41) is 9.26. The van der Waals surface area contributed by atoms with Crippen LogP contribution in [0.2, 0.25) is 0 Å². The van der Waals surface area contributed by atoms with E-state index in [4.69, 9.17) is 12.6 Å². The number of ether oxygens (including phenoxy) is 1. The average Bonchev–Trinajstić information content (AvgIpc) is 3.23. The van der Waals surface area contributed by atoms with Crippen molar-refractivity contribution < 1.29 is 4.74 Å². The molecule has 1 unspecified atom stereocenters. The van der Waals surface area contributed by atoms with E-state index in [1.165, 1.54) is 24.0 Å². The molecule has 1 heterocycles. The van der Waals surface area contributed by atoms with E-state index in [1.54, 1.807) is 7.11 Å². The molecule has 2 radical (unpaired) electrons. The fourth-order valence-electron chi connectivity index (χ4n) is 3.05. The molecule has 1 aromatic carbocycles. The molecule has 22 heavy (non-hydrogen) atoms. The van der Waals surface area contributed by atoms with Crippen molar-refractivity contribution >= 4 is 24.3 Å². The van der Waals surface area contributed by atoms with E-state index in [9.17, 15) is 0 Å². The highest BCUT2D eigenvalue weighted by Gasteiger charge is 2.24. The SMILES string of the molecule is [B]c1nn(CCCOC)c2cc(C(C)NC3CC3)cc(C)c12. The zero-order valence-electron chi connectivity index (χ0n) is 13.7. The van der Waals surface area contributed by atoms with Crippen molar-refractivity contribution in [1.29, 1.82) is 0 Å². The maximum absolute atomic E-state index is 6.12. The summed E-state index contributed by atoms with van der Waals surface area (Å²) in [5.41, 5.74) is 4.27. The molecule has 0 aliphatic heterocycles. The van der Waals surface area contributed by atoms with E-state index in [1.807, 2.05) is 4.68 Å². The molecule has 0 saturated heterocycles. The Balaban J connectivity index is 1.92. The van der Waals surface area contributed by atoms with Crippen LogP contribution in [0.4, 0.5) is 0 Å². The van der Waals surface area contributed by atoms with Crippen molar-refractivity contribution in [2.75, 3.05) is 13.7 Å². The summed E-state index contributed by atoms with van der Waals surface area (Å²) in [6.45, 7) is 5.91. The third kappa shape index (κ3) is 3.20. The Hall–Kier alpha value is -1.33. The first-order chi connectivity index (χ1) is 10.6. The van der Waals surface area contributed by atoms with Crippen LogP contribution in [-0.4, -0.2) is 37.4 Å². The van der Waals surface area contributed by atoms with E-state index in [0.29, 0.717) is 17.7 Å². The molecule has 5 heteroatoms. The molecule has 1 aliphatic rings. The van der Waals surface area contributed by atoms with E-state index in [2.05, 4.69) is 36.4 Å². The van der Waals surface area contributed by atoms with Crippen molar-refractivity contribution in [3.05, 3.63) is 23.3 Å². The lowest BCUT2D eigenvalue weighted by Gasteiger charge is -2.15. The second-order valence-electron chi connectivity index (χ2n) is 6.35. The second kappa shape index (κ2) is 6.43. The predicted octanol–water partition coefficient (Wildman–Crippen LogP) is 1.99. The van der Waals surface area contributed by atoms with Gasteiger partial charge in [0.05, 0.1) is 5.52 Å². The Kier molecular flexibility index (Phi) is 4.55. The number of hydrogen-bond donors (Lipinski definition) is 1. The van der Waals surface area contributed by atoms with Gasteiger partial charge in [0.15, 0.2) is 0 Å². The topological polar surface area (TPSA) is 39.1 Å². The number of fused-ring (bicyclic) bond motifs is 1. The third-order valence-corrected chi connectivity index (χ3v) is 4.38. The molecular formula is C17H24BN3O. The fourth-order valence-corrected chi connectivity index (χ4v) is 3.05. The lowest BCUT2D eigenvalue weighted by atomic mass is 9.94. The Labute approximate surface area is 133 Å². The number of nitrogens with one attached hydrogen (secondary N) is 1. The molecule has 1 N–H and O–H groups in total. The van der Waals surface area contributed by atoms with Gasteiger partial charge >= 0.3 is 0 Å². The van der Waals surface area contributed by atoms with Gasteiger partial charge in [0.1, 0.15) is 7.85 Å². The number of aryl methyl sites for hydroxylation is 2. The van der Waals surface area contributed by atoms with Gasteiger partial charge < -0.3 is 10.1 Å². The first-order valence-electron chi connectivity index (χ1n) is 8.11. The summed E-state index contributed by atoms with van der Waals surface area (Å²) in [6, 6.07) is 5.53. The van der Waals surface area contributed by atoms with Crippen molar-refractivity contribution in [2.24, 2.45) is 0 Å². The summed E-state index contributed by atoms with van der Waals surface area (Å²) >= 11 is 0. The Bertz CT molecular complexity index is 663. The fraction of sp³-hybridized carbons (Fsp3) is 0.588. The normalized spacial score (nSPS) is 16.3. The van der Waals surface area contributed by atoms with E-state index in [-0.39, 0.29) is 0 Å². The first-order valence-corrected chi connectivity index (χ1v) is 8.11. The summed E-state index contributed by atoms with van der Waals surface area (Å²) in [6.07, 6.45) is 3.53. The van der Waals surface area contributed by atoms with Gasteiger partial charge in [0, 0.05) is 43.3 Å². The largest absolute Gasteiger partial charge is 0.385 e. The van der Waals surface area contributed by atoms with Gasteiger partial charge in [-0.2, -0.15) is 5.10 Å². The smallest absolute Gasteiger partial charge is 0.145 e. The monoisotopic (exact) mass is 297 g/mol. The lowest BCUT2D eigenvalue weighted by molar-refractivity contribution is 0.189. The molecule has 0 spiro atoms. The number of aromatic nitrogens is 2. The maximum Gasteiger partial charge on any atom is 0.145 e. The molecule has 1 aliphatic carbocycles. The van der Waals surface area contributed by atoms with Crippen molar-refractivity contribution in [1.82, 2.24) is 15.1 Å². The van der Waals surface area contributed by atoms with Crippen LogP contribution in [-0.2, 0) is 11.3 Å². The first kappa shape index (κ1) is 15.6. The van der Waals surface area contributed by atoms with Gasteiger partial charge in [0.2, 0.25) is 0 Å². The van der Waals surface area contributed by atoms with Crippen LogP contribution in [0.3, 0.4) is 0 Å². The summed E-state index contributed by atoms with van der Waals surface area (Å²) in [7, 11) is 7.85. The minimum Gasteiger partial charge on any atom is -0.385 e. The Morgan fingerprint density at radius 2 is 2.23 bits per heavy atom. The summed E-state index contributed by atoms with van der Waals surface area (Å²) in [4.78, 5) is 0. The number of benzene rings is 1. The highest BCUT2D eigenvalue weighted by atomic mass is 16.5. The molecule has 1 fully saturated rings. The minimum atomic E-state index is 0.360. The number of methoxy groups -OCH3 is 1. The molecule has 0 bridgehead atoms. The quantitative estimate of drug-likeness (QED) is 0.627. The third-order valence-electron chi connectivity index (χ3n) is 4.38. The average molecular weight is 297 g/mol. The van der Waals surface area contributed by atoms with Gasteiger partial charge in [-0.25, -0.2) is 0 Å². The van der Waals surface area contributed by atoms with Crippen LogP contribution in [0.15, 0.2) is 12.1 Å². The molecule has 2 aromatic rings. The predicted molar refractivity (Wildman–Crippen MR) is 90.9 cm³/mol. The second-order valence-corrected chi connectivity index (χ2v) is 6.35. The van der Waals surface area contributed by atoms with Gasteiger partial charge in [-0.05, 0) is 50.3 Å². The standard InChI is InChI=1S/C17H24BN3O/c1-11-9-13(12(2)19-14-5-6-14)10-15-16(11)17(18)20-21(15)7-4-8-22-3/h9-10,12,14,19H,4-8H2,1-3H3. The van der Waals surface area contributed by atoms with Crippen molar-refractivity contribution in [2.45, 2.75) is 51.7 Å². The van der Waals surface area contributed by atoms with Crippen LogP contribution in [0.5, 0.6) is 0 Å². The lowest BCUT2D eigenvalue weighted by Crippen LogP contribution is -2.20. The van der Waals surface area contributed by atoms with Crippen molar-refractivity contribution in [3.8, 4) is 0 Å². The number of nitrogens with zero attached hydrogens (tertiary/aromatic N) is 2. The van der Waals surface area contributed by atoms with Gasteiger partial charge in [-0.15, -0.1) is 0 Å².